The van der Waals surface area contributed by atoms with Crippen LogP contribution in [0.5, 0.6) is 23.0 Å². The Balaban J connectivity index is 1.47. The summed E-state index contributed by atoms with van der Waals surface area (Å²) >= 11 is 0. The number of fused-ring (bicyclic) bond motifs is 1. The van der Waals surface area contributed by atoms with E-state index in [9.17, 15) is 9.59 Å². The van der Waals surface area contributed by atoms with Crippen molar-refractivity contribution in [1.29, 1.82) is 0 Å². The molecule has 0 aliphatic rings. The Labute approximate surface area is 190 Å². The van der Waals surface area contributed by atoms with Crippen LogP contribution in [0.15, 0.2) is 82.0 Å². The van der Waals surface area contributed by atoms with E-state index in [2.05, 4.69) is 0 Å². The van der Waals surface area contributed by atoms with Gasteiger partial charge in [0.2, 0.25) is 11.2 Å². The molecule has 0 atom stereocenters. The van der Waals surface area contributed by atoms with Gasteiger partial charge in [0, 0.05) is 6.07 Å². The van der Waals surface area contributed by atoms with E-state index in [-0.39, 0.29) is 24.4 Å². The Morgan fingerprint density at radius 2 is 1.67 bits per heavy atom. The highest BCUT2D eigenvalue weighted by Crippen LogP contribution is 2.32. The van der Waals surface area contributed by atoms with Gasteiger partial charge in [0.25, 0.3) is 0 Å². The number of hydrogen-bond acceptors (Lipinski definition) is 7. The van der Waals surface area contributed by atoms with Crippen molar-refractivity contribution in [2.24, 2.45) is 0 Å². The molecular weight excluding hydrogens is 424 g/mol. The van der Waals surface area contributed by atoms with Gasteiger partial charge in [0.05, 0.1) is 12.5 Å². The molecule has 0 saturated heterocycles. The second-order valence-corrected chi connectivity index (χ2v) is 7.16. The predicted molar refractivity (Wildman–Crippen MR) is 122 cm³/mol. The second-order valence-electron chi connectivity index (χ2n) is 7.16. The summed E-state index contributed by atoms with van der Waals surface area (Å²) in [6.45, 7) is 1.54. The molecule has 0 amide bonds. The van der Waals surface area contributed by atoms with Crippen LogP contribution < -0.4 is 19.6 Å². The summed E-state index contributed by atoms with van der Waals surface area (Å²) in [7, 11) is 1.52. The van der Waals surface area contributed by atoms with Crippen molar-refractivity contribution in [3.8, 4) is 23.0 Å². The van der Waals surface area contributed by atoms with Crippen LogP contribution in [0, 0.1) is 6.92 Å². The molecule has 0 radical (unpaired) electrons. The third-order valence-corrected chi connectivity index (χ3v) is 4.87. The van der Waals surface area contributed by atoms with Gasteiger partial charge in [0.1, 0.15) is 23.7 Å². The SMILES string of the molecule is COc1ccccc1Oc1c(C)oc2cc(OCC(=O)OCc3ccccc3)ccc2c1=O. The van der Waals surface area contributed by atoms with Crippen LogP contribution >= 0.6 is 0 Å². The number of carbonyl (C=O) groups is 1. The minimum absolute atomic E-state index is 0.0742. The van der Waals surface area contributed by atoms with Crippen LogP contribution in [0.2, 0.25) is 0 Å². The largest absolute Gasteiger partial charge is 0.493 e. The van der Waals surface area contributed by atoms with Crippen LogP contribution in [0.25, 0.3) is 11.0 Å². The molecule has 0 fully saturated rings. The van der Waals surface area contributed by atoms with Crippen LogP contribution in [-0.2, 0) is 16.1 Å². The van der Waals surface area contributed by atoms with Gasteiger partial charge in [-0.1, -0.05) is 42.5 Å². The van der Waals surface area contributed by atoms with Crippen molar-refractivity contribution >= 4 is 16.9 Å². The first-order chi connectivity index (χ1) is 16.0. The molecule has 168 valence electrons. The van der Waals surface area contributed by atoms with Crippen molar-refractivity contribution in [2.45, 2.75) is 13.5 Å². The van der Waals surface area contributed by atoms with Gasteiger partial charge in [-0.05, 0) is 36.8 Å². The zero-order chi connectivity index (χ0) is 23.2. The fourth-order valence-electron chi connectivity index (χ4n) is 3.21. The molecule has 0 spiro atoms. The highest BCUT2D eigenvalue weighted by Gasteiger charge is 2.16. The average Bonchev–Trinajstić information content (AvgIpc) is 2.84. The lowest BCUT2D eigenvalue weighted by molar-refractivity contribution is -0.147. The minimum atomic E-state index is -0.503. The van der Waals surface area contributed by atoms with E-state index in [0.29, 0.717) is 34.0 Å². The van der Waals surface area contributed by atoms with Gasteiger partial charge < -0.3 is 23.4 Å². The summed E-state index contributed by atoms with van der Waals surface area (Å²) < 4.78 is 27.6. The third-order valence-electron chi connectivity index (χ3n) is 4.87. The number of para-hydroxylation sites is 2. The molecular formula is C26H22O7. The third kappa shape index (κ3) is 5.15. The predicted octanol–water partition coefficient (Wildman–Crippen LogP) is 5.02. The summed E-state index contributed by atoms with van der Waals surface area (Å²) in [6, 6.07) is 21.1. The molecule has 0 unspecified atom stereocenters. The number of methoxy groups -OCH3 is 1. The van der Waals surface area contributed by atoms with Crippen molar-refractivity contribution in [3.63, 3.8) is 0 Å². The quantitative estimate of drug-likeness (QED) is 0.351. The molecule has 4 rings (SSSR count). The fraction of sp³-hybridized carbons (Fsp3) is 0.154. The fourth-order valence-corrected chi connectivity index (χ4v) is 3.21. The lowest BCUT2D eigenvalue weighted by Gasteiger charge is -2.12. The van der Waals surface area contributed by atoms with E-state index in [1.807, 2.05) is 30.3 Å². The molecule has 1 aromatic heterocycles. The maximum Gasteiger partial charge on any atom is 0.344 e. The van der Waals surface area contributed by atoms with E-state index in [4.69, 9.17) is 23.4 Å². The molecule has 3 aromatic carbocycles. The smallest absolute Gasteiger partial charge is 0.344 e. The molecule has 0 saturated carbocycles. The van der Waals surface area contributed by atoms with Crippen molar-refractivity contribution in [3.05, 3.63) is 94.3 Å². The zero-order valence-corrected chi connectivity index (χ0v) is 18.2. The van der Waals surface area contributed by atoms with Crippen LogP contribution in [0.3, 0.4) is 0 Å². The topological polar surface area (TPSA) is 84.2 Å². The first kappa shape index (κ1) is 22.0. The number of ether oxygens (including phenoxy) is 4. The van der Waals surface area contributed by atoms with Gasteiger partial charge in [0.15, 0.2) is 18.1 Å². The Hall–Kier alpha value is -4.26. The first-order valence-electron chi connectivity index (χ1n) is 10.3. The van der Waals surface area contributed by atoms with E-state index in [1.54, 1.807) is 49.4 Å². The minimum Gasteiger partial charge on any atom is -0.493 e. The molecule has 7 nitrogen and oxygen atoms in total. The maximum atomic E-state index is 13.0. The average molecular weight is 446 g/mol. The number of benzene rings is 3. The summed E-state index contributed by atoms with van der Waals surface area (Å²) in [4.78, 5) is 25.0. The summed E-state index contributed by atoms with van der Waals surface area (Å²) in [6.07, 6.45) is 0. The molecule has 4 aromatic rings. The van der Waals surface area contributed by atoms with Gasteiger partial charge in [-0.15, -0.1) is 0 Å². The van der Waals surface area contributed by atoms with Crippen molar-refractivity contribution < 1.29 is 28.2 Å². The van der Waals surface area contributed by atoms with Crippen LogP contribution in [0.4, 0.5) is 0 Å². The van der Waals surface area contributed by atoms with Gasteiger partial charge in [-0.3, -0.25) is 4.79 Å². The first-order valence-corrected chi connectivity index (χ1v) is 10.3. The number of esters is 1. The highest BCUT2D eigenvalue weighted by molar-refractivity contribution is 5.80. The lowest BCUT2D eigenvalue weighted by Crippen LogP contribution is -2.15. The summed E-state index contributed by atoms with van der Waals surface area (Å²) in [5, 5.41) is 0.324. The molecule has 7 heteroatoms. The monoisotopic (exact) mass is 446 g/mol. The van der Waals surface area contributed by atoms with E-state index >= 15 is 0 Å². The molecule has 0 bridgehead atoms. The van der Waals surface area contributed by atoms with Gasteiger partial charge >= 0.3 is 5.97 Å². The van der Waals surface area contributed by atoms with Crippen LogP contribution in [0.1, 0.15) is 11.3 Å². The number of hydrogen-bond donors (Lipinski definition) is 0. The van der Waals surface area contributed by atoms with Crippen molar-refractivity contribution in [1.82, 2.24) is 0 Å². The normalized spacial score (nSPS) is 10.6. The van der Waals surface area contributed by atoms with Crippen molar-refractivity contribution in [2.75, 3.05) is 13.7 Å². The van der Waals surface area contributed by atoms with Gasteiger partial charge in [-0.25, -0.2) is 4.79 Å². The lowest BCUT2D eigenvalue weighted by atomic mass is 10.2. The standard InChI is InChI=1S/C26H22O7/c1-17-26(33-22-11-7-6-10-21(22)29-2)25(28)20-13-12-19(14-23(20)32-17)30-16-24(27)31-15-18-8-4-3-5-9-18/h3-14H,15-16H2,1-2H3. The second kappa shape index (κ2) is 9.91. The molecule has 1 heterocycles. The molecule has 0 aliphatic heterocycles. The molecule has 0 N–H and O–H groups in total. The van der Waals surface area contributed by atoms with E-state index < -0.39 is 5.97 Å². The Morgan fingerprint density at radius 1 is 0.939 bits per heavy atom. The van der Waals surface area contributed by atoms with E-state index in [1.165, 1.54) is 7.11 Å². The summed E-state index contributed by atoms with van der Waals surface area (Å²) in [5.74, 6) is 1.16. The van der Waals surface area contributed by atoms with E-state index in [0.717, 1.165) is 5.56 Å². The maximum absolute atomic E-state index is 13.0. The number of carbonyl (C=O) groups excluding carboxylic acids is 1. The summed E-state index contributed by atoms with van der Waals surface area (Å²) in [5.41, 5.74) is 0.883. The number of aryl methyl sites for hydroxylation is 1. The van der Waals surface area contributed by atoms with Gasteiger partial charge in [-0.2, -0.15) is 0 Å². The highest BCUT2D eigenvalue weighted by atomic mass is 16.6. The Morgan fingerprint density at radius 3 is 2.42 bits per heavy atom. The zero-order valence-electron chi connectivity index (χ0n) is 18.2. The molecule has 0 aliphatic carbocycles. The Bertz CT molecular complexity index is 1330. The number of rotatable bonds is 8. The van der Waals surface area contributed by atoms with Crippen LogP contribution in [-0.4, -0.2) is 19.7 Å². The molecule has 33 heavy (non-hydrogen) atoms. The Kier molecular flexibility index (Phi) is 6.59.